The van der Waals surface area contributed by atoms with Gasteiger partial charge in [-0.25, -0.2) is 4.98 Å². The van der Waals surface area contributed by atoms with E-state index < -0.39 is 0 Å². The molecule has 1 nitrogen and oxygen atoms in total. The predicted octanol–water partition coefficient (Wildman–Crippen LogP) is 4.85. The van der Waals surface area contributed by atoms with Crippen molar-refractivity contribution in [1.29, 1.82) is 0 Å². The van der Waals surface area contributed by atoms with E-state index in [2.05, 4.69) is 4.98 Å². The first-order valence-electron chi connectivity index (χ1n) is 3.69. The highest BCUT2D eigenvalue weighted by molar-refractivity contribution is 6.42. The number of nitrogens with zero attached hydrogens (tertiary/aromatic N) is 1. The Labute approximate surface area is 101 Å². The third kappa shape index (κ3) is 1.78. The van der Waals surface area contributed by atoms with Crippen LogP contribution in [0.3, 0.4) is 0 Å². The molecule has 5 heteroatoms. The summed E-state index contributed by atoms with van der Waals surface area (Å²) in [6, 6.07) is 4.86. The van der Waals surface area contributed by atoms with Gasteiger partial charge in [0, 0.05) is 10.4 Å². The molecule has 0 aliphatic carbocycles. The Kier molecular flexibility index (Phi) is 2.76. The lowest BCUT2D eigenvalue weighted by atomic mass is 10.2. The van der Waals surface area contributed by atoms with Crippen LogP contribution in [0.15, 0.2) is 18.2 Å². The third-order valence-corrected chi connectivity index (χ3v) is 2.76. The minimum atomic E-state index is 0.312. The minimum absolute atomic E-state index is 0.312. The fourth-order valence-corrected chi connectivity index (χ4v) is 2.22. The Hall–Kier alpha value is -0.210. The van der Waals surface area contributed by atoms with Crippen LogP contribution in [-0.2, 0) is 0 Å². The van der Waals surface area contributed by atoms with Gasteiger partial charge in [-0.05, 0) is 18.2 Å². The summed E-state index contributed by atoms with van der Waals surface area (Å²) in [5.74, 6) is 0. The Bertz CT molecular complexity index is 462. The van der Waals surface area contributed by atoms with Gasteiger partial charge < -0.3 is 0 Å². The molecule has 0 spiro atoms. The van der Waals surface area contributed by atoms with Crippen molar-refractivity contribution < 1.29 is 0 Å². The van der Waals surface area contributed by atoms with Crippen molar-refractivity contribution in [1.82, 2.24) is 4.98 Å². The van der Waals surface area contributed by atoms with Crippen molar-refractivity contribution in [2.75, 3.05) is 0 Å². The standard InChI is InChI=1S/C9H3Cl4N/c10-4-1-5-6(11)3-8(13)14-9(5)7(12)2-4/h1-3H. The quantitative estimate of drug-likeness (QED) is 0.622. The van der Waals surface area contributed by atoms with Gasteiger partial charge in [0.05, 0.1) is 15.6 Å². The summed E-state index contributed by atoms with van der Waals surface area (Å²) in [5.41, 5.74) is 0.563. The number of halogens is 4. The van der Waals surface area contributed by atoms with Gasteiger partial charge in [-0.2, -0.15) is 0 Å². The van der Waals surface area contributed by atoms with Crippen molar-refractivity contribution in [2.45, 2.75) is 0 Å². The van der Waals surface area contributed by atoms with Crippen LogP contribution in [0.1, 0.15) is 0 Å². The normalized spacial score (nSPS) is 10.9. The van der Waals surface area contributed by atoms with E-state index in [0.29, 0.717) is 31.1 Å². The maximum absolute atomic E-state index is 5.96. The summed E-state index contributed by atoms with van der Waals surface area (Å²) in [4.78, 5) is 4.07. The first-order chi connectivity index (χ1) is 6.58. The van der Waals surface area contributed by atoms with E-state index in [-0.39, 0.29) is 0 Å². The maximum atomic E-state index is 5.96. The lowest BCUT2D eigenvalue weighted by molar-refractivity contribution is 1.41. The highest BCUT2D eigenvalue weighted by Crippen LogP contribution is 2.32. The zero-order valence-electron chi connectivity index (χ0n) is 6.69. The van der Waals surface area contributed by atoms with Crippen LogP contribution in [0.4, 0.5) is 0 Å². The van der Waals surface area contributed by atoms with E-state index in [0.717, 1.165) is 0 Å². The van der Waals surface area contributed by atoms with Crippen molar-refractivity contribution in [3.05, 3.63) is 38.4 Å². The van der Waals surface area contributed by atoms with E-state index in [1.165, 1.54) is 0 Å². The first kappa shape index (κ1) is 10.3. The molecule has 0 saturated heterocycles. The Morgan fingerprint density at radius 1 is 0.857 bits per heavy atom. The summed E-state index contributed by atoms with van der Waals surface area (Å²) in [6.07, 6.45) is 0. The molecule has 0 atom stereocenters. The van der Waals surface area contributed by atoms with Gasteiger partial charge in [-0.15, -0.1) is 0 Å². The molecule has 0 radical (unpaired) electrons. The average Bonchev–Trinajstić information content (AvgIpc) is 2.07. The van der Waals surface area contributed by atoms with Crippen LogP contribution < -0.4 is 0 Å². The van der Waals surface area contributed by atoms with Gasteiger partial charge in [0.2, 0.25) is 0 Å². The van der Waals surface area contributed by atoms with Crippen LogP contribution >= 0.6 is 46.4 Å². The van der Waals surface area contributed by atoms with Gasteiger partial charge in [0.15, 0.2) is 0 Å². The van der Waals surface area contributed by atoms with Crippen LogP contribution in [0.25, 0.3) is 10.9 Å². The molecule has 0 saturated carbocycles. The zero-order valence-corrected chi connectivity index (χ0v) is 9.71. The number of fused-ring (bicyclic) bond motifs is 1. The van der Waals surface area contributed by atoms with Crippen LogP contribution in [0, 0.1) is 0 Å². The second kappa shape index (κ2) is 3.74. The van der Waals surface area contributed by atoms with Crippen LogP contribution in [-0.4, -0.2) is 4.98 Å². The van der Waals surface area contributed by atoms with E-state index in [9.17, 15) is 0 Å². The van der Waals surface area contributed by atoms with Gasteiger partial charge in [0.25, 0.3) is 0 Å². The Morgan fingerprint density at radius 3 is 2.29 bits per heavy atom. The highest BCUT2D eigenvalue weighted by atomic mass is 35.5. The monoisotopic (exact) mass is 265 g/mol. The van der Waals surface area contributed by atoms with Crippen molar-refractivity contribution >= 4 is 57.3 Å². The first-order valence-corrected chi connectivity index (χ1v) is 5.20. The van der Waals surface area contributed by atoms with Crippen LogP contribution in [0.2, 0.25) is 20.2 Å². The average molecular weight is 267 g/mol. The van der Waals surface area contributed by atoms with Gasteiger partial charge in [-0.3, -0.25) is 0 Å². The third-order valence-electron chi connectivity index (χ3n) is 1.75. The predicted molar refractivity (Wildman–Crippen MR) is 61.8 cm³/mol. The summed E-state index contributed by atoms with van der Waals surface area (Å²) >= 11 is 23.5. The summed E-state index contributed by atoms with van der Waals surface area (Å²) in [7, 11) is 0. The summed E-state index contributed by atoms with van der Waals surface area (Å²) < 4.78 is 0. The molecule has 0 N–H and O–H groups in total. The molecule has 1 heterocycles. The Balaban J connectivity index is 2.94. The number of hydrogen-bond donors (Lipinski definition) is 0. The fourth-order valence-electron chi connectivity index (χ4n) is 1.18. The van der Waals surface area contributed by atoms with E-state index in [4.69, 9.17) is 46.4 Å². The maximum Gasteiger partial charge on any atom is 0.131 e. The molecule has 2 rings (SSSR count). The SMILES string of the molecule is Clc1cc(Cl)c2nc(Cl)cc(Cl)c2c1. The molecule has 0 fully saturated rings. The van der Waals surface area contributed by atoms with Gasteiger partial charge in [-0.1, -0.05) is 46.4 Å². The smallest absolute Gasteiger partial charge is 0.131 e. The molecular formula is C9H3Cl4N. The molecular weight excluding hydrogens is 264 g/mol. The highest BCUT2D eigenvalue weighted by Gasteiger charge is 2.07. The topological polar surface area (TPSA) is 12.9 Å². The lowest BCUT2D eigenvalue weighted by Crippen LogP contribution is -1.83. The molecule has 14 heavy (non-hydrogen) atoms. The molecule has 0 unspecified atom stereocenters. The second-order valence-electron chi connectivity index (χ2n) is 2.71. The number of rotatable bonds is 0. The van der Waals surface area contributed by atoms with E-state index in [1.54, 1.807) is 18.2 Å². The number of aromatic nitrogens is 1. The second-order valence-corrected chi connectivity index (χ2v) is 4.35. The van der Waals surface area contributed by atoms with Crippen molar-refractivity contribution in [2.24, 2.45) is 0 Å². The minimum Gasteiger partial charge on any atom is -0.234 e. The number of hydrogen-bond acceptors (Lipinski definition) is 1. The number of pyridine rings is 1. The zero-order chi connectivity index (χ0) is 10.3. The molecule has 0 aliphatic heterocycles. The van der Waals surface area contributed by atoms with Gasteiger partial charge >= 0.3 is 0 Å². The molecule has 1 aromatic heterocycles. The van der Waals surface area contributed by atoms with E-state index in [1.807, 2.05) is 0 Å². The molecule has 0 bridgehead atoms. The lowest BCUT2D eigenvalue weighted by Gasteiger charge is -2.03. The van der Waals surface area contributed by atoms with Crippen molar-refractivity contribution in [3.8, 4) is 0 Å². The van der Waals surface area contributed by atoms with Crippen molar-refractivity contribution in [3.63, 3.8) is 0 Å². The molecule has 1 aromatic carbocycles. The Morgan fingerprint density at radius 2 is 1.57 bits per heavy atom. The molecule has 0 amide bonds. The molecule has 0 aliphatic rings. The molecule has 2 aromatic rings. The van der Waals surface area contributed by atoms with Crippen LogP contribution in [0.5, 0.6) is 0 Å². The largest absolute Gasteiger partial charge is 0.234 e. The fraction of sp³-hybridized carbons (Fsp3) is 0. The summed E-state index contributed by atoms with van der Waals surface area (Å²) in [6.45, 7) is 0. The summed E-state index contributed by atoms with van der Waals surface area (Å²) in [5, 5.41) is 2.47. The number of benzene rings is 1. The van der Waals surface area contributed by atoms with E-state index >= 15 is 0 Å². The van der Waals surface area contributed by atoms with Gasteiger partial charge in [0.1, 0.15) is 5.15 Å². The molecule has 72 valence electrons.